The summed E-state index contributed by atoms with van der Waals surface area (Å²) < 4.78 is 5.04. The molecule has 0 atom stereocenters. The second kappa shape index (κ2) is 6.33. The number of ether oxygens (including phenoxy) is 1. The summed E-state index contributed by atoms with van der Waals surface area (Å²) in [5.74, 6) is 0.464. The third-order valence-corrected chi connectivity index (χ3v) is 3.45. The fourth-order valence-corrected chi connectivity index (χ4v) is 2.28. The van der Waals surface area contributed by atoms with Crippen molar-refractivity contribution in [2.45, 2.75) is 0 Å². The average molecular weight is 323 g/mol. The quantitative estimate of drug-likeness (QED) is 0.705. The first-order chi connectivity index (χ1) is 11.6. The van der Waals surface area contributed by atoms with Crippen LogP contribution in [0.3, 0.4) is 0 Å². The lowest BCUT2D eigenvalue weighted by Gasteiger charge is -2.02. The molecule has 120 valence electrons. The van der Waals surface area contributed by atoms with Gasteiger partial charge >= 0.3 is 6.03 Å². The number of nitrogens with zero attached hydrogens (tertiary/aromatic N) is 1. The summed E-state index contributed by atoms with van der Waals surface area (Å²) in [7, 11) is 1.47. The molecular formula is C17H13N3O4. The van der Waals surface area contributed by atoms with Gasteiger partial charge in [-0.25, -0.2) is 10.2 Å². The first-order valence-corrected chi connectivity index (χ1v) is 7.07. The molecule has 0 fully saturated rings. The molecule has 3 aromatic rings. The monoisotopic (exact) mass is 323 g/mol. The minimum absolute atomic E-state index is 0.211. The van der Waals surface area contributed by atoms with E-state index in [1.165, 1.54) is 19.2 Å². The summed E-state index contributed by atoms with van der Waals surface area (Å²) in [6.45, 7) is 0. The van der Waals surface area contributed by atoms with E-state index >= 15 is 0 Å². The molecule has 0 aliphatic rings. The van der Waals surface area contributed by atoms with Crippen LogP contribution in [0.15, 0.2) is 63.2 Å². The standard InChI is InChI=1S/C17H13N3O4/c1-24-11-7-8-12-13(9-11)16(22)14(15(12)21)19-20-17(23)18-10-5-3-2-4-6-10/h2-9H,1H3,(H2,18,20,23)/b19-14+. The summed E-state index contributed by atoms with van der Waals surface area (Å²) in [4.78, 5) is 36.3. The Morgan fingerprint density at radius 3 is 2.42 bits per heavy atom. The lowest BCUT2D eigenvalue weighted by Crippen LogP contribution is -2.36. The van der Waals surface area contributed by atoms with Crippen molar-refractivity contribution in [3.05, 3.63) is 74.3 Å². The zero-order valence-electron chi connectivity index (χ0n) is 12.7. The van der Waals surface area contributed by atoms with Crippen LogP contribution in [0.1, 0.15) is 0 Å². The van der Waals surface area contributed by atoms with Gasteiger partial charge in [0.05, 0.1) is 7.11 Å². The van der Waals surface area contributed by atoms with Crippen molar-refractivity contribution in [1.29, 1.82) is 0 Å². The molecule has 0 aliphatic heterocycles. The van der Waals surface area contributed by atoms with E-state index in [0.29, 0.717) is 11.4 Å². The topological polar surface area (TPSA) is 96.9 Å². The third kappa shape index (κ3) is 2.87. The first kappa shape index (κ1) is 15.4. The maximum Gasteiger partial charge on any atom is 0.339 e. The highest BCUT2D eigenvalue weighted by Gasteiger charge is 2.12. The van der Waals surface area contributed by atoms with Gasteiger partial charge in [0.2, 0.25) is 10.9 Å². The summed E-state index contributed by atoms with van der Waals surface area (Å²) in [5, 5.41) is 6.32. The van der Waals surface area contributed by atoms with E-state index in [4.69, 9.17) is 4.74 Å². The molecule has 0 saturated heterocycles. The highest BCUT2D eigenvalue weighted by Crippen LogP contribution is 2.14. The van der Waals surface area contributed by atoms with Crippen molar-refractivity contribution in [2.24, 2.45) is 5.10 Å². The summed E-state index contributed by atoms with van der Waals surface area (Å²) in [6, 6.07) is 12.6. The number of fused-ring (bicyclic) bond motifs is 1. The number of carbonyl (C=O) groups excluding carboxylic acids is 1. The molecule has 2 N–H and O–H groups in total. The van der Waals surface area contributed by atoms with Gasteiger partial charge in [-0.1, -0.05) is 18.2 Å². The van der Waals surface area contributed by atoms with Gasteiger partial charge in [0.1, 0.15) is 5.75 Å². The number of benzene rings is 2. The van der Waals surface area contributed by atoms with Gasteiger partial charge in [-0.15, -0.1) is 0 Å². The normalized spacial score (nSPS) is 11.5. The number of rotatable bonds is 3. The van der Waals surface area contributed by atoms with Gasteiger partial charge in [0, 0.05) is 16.5 Å². The zero-order valence-corrected chi connectivity index (χ0v) is 12.7. The van der Waals surface area contributed by atoms with Crippen LogP contribution >= 0.6 is 0 Å². The Labute approximate surface area is 135 Å². The molecule has 0 aromatic heterocycles. The largest absolute Gasteiger partial charge is 0.497 e. The van der Waals surface area contributed by atoms with Gasteiger partial charge in [0.25, 0.3) is 0 Å². The molecule has 2 amide bonds. The molecule has 0 radical (unpaired) electrons. The van der Waals surface area contributed by atoms with Crippen molar-refractivity contribution < 1.29 is 9.53 Å². The molecule has 7 nitrogen and oxygen atoms in total. The Balaban J connectivity index is 1.91. The third-order valence-electron chi connectivity index (χ3n) is 3.45. The first-order valence-electron chi connectivity index (χ1n) is 7.07. The Morgan fingerprint density at radius 2 is 1.71 bits per heavy atom. The molecule has 24 heavy (non-hydrogen) atoms. The maximum atomic E-state index is 12.3. The fourth-order valence-electron chi connectivity index (χ4n) is 2.28. The minimum atomic E-state index is -0.650. The molecule has 0 aliphatic carbocycles. The minimum Gasteiger partial charge on any atom is -0.497 e. The molecule has 0 unspecified atom stereocenters. The number of para-hydroxylation sites is 1. The van der Waals surface area contributed by atoms with Crippen LogP contribution in [0.2, 0.25) is 0 Å². The Bertz CT molecular complexity index is 1050. The molecular weight excluding hydrogens is 310 g/mol. The van der Waals surface area contributed by atoms with Crippen LogP contribution in [0.25, 0.3) is 10.8 Å². The molecule has 3 aromatic carbocycles. The summed E-state index contributed by atoms with van der Waals surface area (Å²) in [6.07, 6.45) is 0. The van der Waals surface area contributed by atoms with E-state index in [2.05, 4.69) is 15.8 Å². The lowest BCUT2D eigenvalue weighted by molar-refractivity contribution is 0.252. The predicted molar refractivity (Wildman–Crippen MR) is 89.6 cm³/mol. The Morgan fingerprint density at radius 1 is 1.00 bits per heavy atom. The SMILES string of the molecule is COc1ccc2c(=O)/c(=N\NC(=O)Nc3ccccc3)c(=O)c2c1. The van der Waals surface area contributed by atoms with E-state index in [1.807, 2.05) is 6.07 Å². The van der Waals surface area contributed by atoms with Gasteiger partial charge in [-0.3, -0.25) is 9.59 Å². The number of urea groups is 1. The van der Waals surface area contributed by atoms with Crippen molar-refractivity contribution in [2.75, 3.05) is 12.4 Å². The second-order valence-corrected chi connectivity index (χ2v) is 4.96. The fraction of sp³-hybridized carbons (Fsp3) is 0.0588. The number of nitrogens with one attached hydrogen (secondary N) is 2. The van der Waals surface area contributed by atoms with Gasteiger partial charge in [0.15, 0.2) is 5.36 Å². The number of hydrogen-bond donors (Lipinski definition) is 2. The number of carbonyl (C=O) groups is 1. The van der Waals surface area contributed by atoms with Crippen molar-refractivity contribution in [3.63, 3.8) is 0 Å². The molecule has 0 saturated carbocycles. The molecule has 7 heteroatoms. The average Bonchev–Trinajstić information content (AvgIpc) is 2.84. The van der Waals surface area contributed by atoms with E-state index in [-0.39, 0.29) is 16.1 Å². The van der Waals surface area contributed by atoms with Crippen molar-refractivity contribution in [3.8, 4) is 5.75 Å². The molecule has 0 spiro atoms. The zero-order chi connectivity index (χ0) is 17.1. The number of anilines is 1. The van der Waals surface area contributed by atoms with E-state index in [1.54, 1.807) is 30.3 Å². The Hall–Kier alpha value is -3.48. The molecule has 0 heterocycles. The van der Waals surface area contributed by atoms with Gasteiger partial charge in [-0.05, 0) is 30.3 Å². The van der Waals surface area contributed by atoms with Gasteiger partial charge < -0.3 is 10.1 Å². The highest BCUT2D eigenvalue weighted by molar-refractivity contribution is 5.89. The molecule has 3 rings (SSSR count). The van der Waals surface area contributed by atoms with Crippen LogP contribution in [-0.2, 0) is 0 Å². The lowest BCUT2D eigenvalue weighted by atomic mass is 10.2. The second-order valence-electron chi connectivity index (χ2n) is 4.96. The van der Waals surface area contributed by atoms with Crippen LogP contribution in [-0.4, -0.2) is 13.1 Å². The highest BCUT2D eigenvalue weighted by atomic mass is 16.5. The van der Waals surface area contributed by atoms with E-state index in [0.717, 1.165) is 0 Å². The van der Waals surface area contributed by atoms with Crippen LogP contribution < -0.4 is 31.7 Å². The van der Waals surface area contributed by atoms with Crippen LogP contribution in [0.5, 0.6) is 5.75 Å². The van der Waals surface area contributed by atoms with Gasteiger partial charge in [-0.2, -0.15) is 5.10 Å². The predicted octanol–water partition coefficient (Wildman–Crippen LogP) is 1.08. The maximum absolute atomic E-state index is 12.3. The number of methoxy groups -OCH3 is 1. The smallest absolute Gasteiger partial charge is 0.339 e. The van der Waals surface area contributed by atoms with E-state index < -0.39 is 16.9 Å². The van der Waals surface area contributed by atoms with Crippen LogP contribution in [0.4, 0.5) is 10.5 Å². The number of hydrogen-bond acceptors (Lipinski definition) is 5. The number of amides is 2. The molecule has 0 bridgehead atoms. The van der Waals surface area contributed by atoms with Crippen LogP contribution in [0, 0.1) is 0 Å². The summed E-state index contributed by atoms with van der Waals surface area (Å²) >= 11 is 0. The van der Waals surface area contributed by atoms with Crippen molar-refractivity contribution >= 4 is 22.5 Å². The van der Waals surface area contributed by atoms with Crippen molar-refractivity contribution in [1.82, 2.24) is 5.43 Å². The van der Waals surface area contributed by atoms with E-state index in [9.17, 15) is 14.4 Å². The Kier molecular flexibility index (Phi) is 4.07. The summed E-state index contributed by atoms with van der Waals surface area (Å²) in [5.41, 5.74) is 1.65.